The predicted octanol–water partition coefficient (Wildman–Crippen LogP) is 2.54. The summed E-state index contributed by atoms with van der Waals surface area (Å²) in [6.07, 6.45) is 9.69. The summed E-state index contributed by atoms with van der Waals surface area (Å²) in [5.74, 6) is -0.402. The van der Waals surface area contributed by atoms with Crippen molar-refractivity contribution in [2.45, 2.75) is 19.3 Å². The van der Waals surface area contributed by atoms with Gasteiger partial charge in [0, 0.05) is 11.1 Å². The fourth-order valence-corrected chi connectivity index (χ4v) is 2.70. The zero-order chi connectivity index (χ0) is 16.4. The Morgan fingerprint density at radius 3 is 3.00 bits per heavy atom. The van der Waals surface area contributed by atoms with Crippen LogP contribution in [0.1, 0.15) is 18.4 Å². The molecule has 7 heteroatoms. The summed E-state index contributed by atoms with van der Waals surface area (Å²) in [6, 6.07) is 1.73. The summed E-state index contributed by atoms with van der Waals surface area (Å²) in [5, 5.41) is 10.3. The fraction of sp³-hybridized carbons (Fsp3) is 0.250. The maximum absolute atomic E-state index is 13.0. The first-order valence-electron chi connectivity index (χ1n) is 7.31. The Labute approximate surface area is 131 Å². The molecular weight excluding hydrogens is 299 g/mol. The summed E-state index contributed by atoms with van der Waals surface area (Å²) in [4.78, 5) is 12.4. The highest BCUT2D eigenvalue weighted by molar-refractivity contribution is 5.77. The van der Waals surface area contributed by atoms with Crippen LogP contribution in [0, 0.1) is 11.3 Å². The quantitative estimate of drug-likeness (QED) is 0.597. The van der Waals surface area contributed by atoms with Crippen LogP contribution in [0.3, 0.4) is 0 Å². The van der Waals surface area contributed by atoms with Crippen molar-refractivity contribution in [1.29, 1.82) is 5.41 Å². The van der Waals surface area contributed by atoms with Crippen molar-refractivity contribution in [3.05, 3.63) is 58.6 Å². The van der Waals surface area contributed by atoms with Crippen molar-refractivity contribution in [2.75, 3.05) is 0 Å². The van der Waals surface area contributed by atoms with E-state index in [1.807, 2.05) is 6.08 Å². The molecule has 0 fully saturated rings. The Balaban J connectivity index is 1.87. The van der Waals surface area contributed by atoms with Crippen LogP contribution in [0.2, 0.25) is 0 Å². The van der Waals surface area contributed by atoms with Crippen molar-refractivity contribution >= 4 is 5.96 Å². The number of nitrogens with two attached hydrogens (primary N) is 1. The molecule has 0 saturated heterocycles. The first-order chi connectivity index (χ1) is 11.1. The third-order valence-electron chi connectivity index (χ3n) is 3.95. The number of furan rings is 1. The number of rotatable bonds is 4. The lowest BCUT2D eigenvalue weighted by atomic mass is 9.93. The van der Waals surface area contributed by atoms with E-state index in [2.05, 4.69) is 5.10 Å². The van der Waals surface area contributed by atoms with Gasteiger partial charge in [-0.15, -0.1) is 0 Å². The maximum atomic E-state index is 13.0. The van der Waals surface area contributed by atoms with Crippen LogP contribution < -0.4 is 11.3 Å². The van der Waals surface area contributed by atoms with Gasteiger partial charge < -0.3 is 10.2 Å². The molecule has 2 aromatic heterocycles. The van der Waals surface area contributed by atoms with E-state index in [9.17, 15) is 9.18 Å². The number of hydrogen-bond donors (Lipinski definition) is 3. The van der Waals surface area contributed by atoms with Crippen molar-refractivity contribution in [3.8, 4) is 11.3 Å². The SMILES string of the molecule is N=C(N)n1[nH]c(-c2ccoc2)c(CCC2C=CC(F)=CC2)c1=O. The second-order valence-electron chi connectivity index (χ2n) is 5.49. The molecule has 1 atom stereocenters. The summed E-state index contributed by atoms with van der Waals surface area (Å²) in [7, 11) is 0. The highest BCUT2D eigenvalue weighted by atomic mass is 19.1. The van der Waals surface area contributed by atoms with Crippen molar-refractivity contribution in [2.24, 2.45) is 11.7 Å². The minimum Gasteiger partial charge on any atom is -0.472 e. The van der Waals surface area contributed by atoms with E-state index in [-0.39, 0.29) is 23.3 Å². The molecule has 1 aliphatic carbocycles. The van der Waals surface area contributed by atoms with Crippen LogP contribution in [0.5, 0.6) is 0 Å². The molecule has 0 radical (unpaired) electrons. The smallest absolute Gasteiger partial charge is 0.277 e. The summed E-state index contributed by atoms with van der Waals surface area (Å²) in [5.41, 5.74) is 6.97. The zero-order valence-corrected chi connectivity index (χ0v) is 12.4. The topological polar surface area (TPSA) is 101 Å². The monoisotopic (exact) mass is 316 g/mol. The summed E-state index contributed by atoms with van der Waals surface area (Å²) < 4.78 is 19.1. The van der Waals surface area contributed by atoms with Crippen molar-refractivity contribution in [3.63, 3.8) is 0 Å². The molecule has 0 aromatic carbocycles. The number of hydrogen-bond acceptors (Lipinski definition) is 3. The molecule has 6 nitrogen and oxygen atoms in total. The lowest BCUT2D eigenvalue weighted by Crippen LogP contribution is -2.31. The predicted molar refractivity (Wildman–Crippen MR) is 84.8 cm³/mol. The number of halogens is 1. The highest BCUT2D eigenvalue weighted by Gasteiger charge is 2.19. The molecule has 120 valence electrons. The van der Waals surface area contributed by atoms with Gasteiger partial charge in [-0.3, -0.25) is 15.3 Å². The van der Waals surface area contributed by atoms with Gasteiger partial charge in [-0.25, -0.2) is 4.39 Å². The van der Waals surface area contributed by atoms with Gasteiger partial charge in [0.2, 0.25) is 5.96 Å². The van der Waals surface area contributed by atoms with E-state index < -0.39 is 0 Å². The average molecular weight is 316 g/mol. The molecule has 0 bridgehead atoms. The van der Waals surface area contributed by atoms with Crippen LogP contribution in [0.15, 0.2) is 51.9 Å². The van der Waals surface area contributed by atoms with Crippen LogP contribution in [0.25, 0.3) is 11.3 Å². The normalized spacial score (nSPS) is 17.3. The largest absolute Gasteiger partial charge is 0.472 e. The molecule has 0 saturated carbocycles. The molecule has 3 rings (SSSR count). The minimum atomic E-state index is -0.367. The van der Waals surface area contributed by atoms with E-state index >= 15 is 0 Å². The van der Waals surface area contributed by atoms with E-state index in [4.69, 9.17) is 15.6 Å². The van der Waals surface area contributed by atoms with Gasteiger partial charge in [-0.1, -0.05) is 6.08 Å². The van der Waals surface area contributed by atoms with E-state index in [1.54, 1.807) is 12.1 Å². The molecule has 1 aliphatic rings. The fourth-order valence-electron chi connectivity index (χ4n) is 2.70. The molecule has 23 heavy (non-hydrogen) atoms. The van der Waals surface area contributed by atoms with Crippen LogP contribution in [-0.4, -0.2) is 15.7 Å². The first-order valence-corrected chi connectivity index (χ1v) is 7.31. The molecule has 0 spiro atoms. The second kappa shape index (κ2) is 6.12. The number of nitrogens with zero attached hydrogens (tertiary/aromatic N) is 1. The molecule has 4 N–H and O–H groups in total. The van der Waals surface area contributed by atoms with Gasteiger partial charge in [0.1, 0.15) is 5.83 Å². The Hall–Kier alpha value is -2.83. The lowest BCUT2D eigenvalue weighted by Gasteiger charge is -2.12. The standard InChI is InChI=1S/C16H17FN4O2/c17-12-4-1-10(2-5-12)3-6-13-14(11-7-8-23-9-11)20-21(15(13)22)16(18)19/h1,4-5,7-10,20H,2-3,6H2,(H3,18,19). The zero-order valence-electron chi connectivity index (χ0n) is 12.4. The third kappa shape index (κ3) is 3.03. The summed E-state index contributed by atoms with van der Waals surface area (Å²) >= 11 is 0. The van der Waals surface area contributed by atoms with Gasteiger partial charge in [0.15, 0.2) is 0 Å². The van der Waals surface area contributed by atoms with Gasteiger partial charge in [0.05, 0.1) is 18.2 Å². The van der Waals surface area contributed by atoms with Crippen LogP contribution in [0.4, 0.5) is 4.39 Å². The van der Waals surface area contributed by atoms with Crippen LogP contribution >= 0.6 is 0 Å². The number of H-pyrrole nitrogens is 1. The Morgan fingerprint density at radius 1 is 1.57 bits per heavy atom. The minimum absolute atomic E-state index is 0.187. The molecule has 2 aromatic rings. The van der Waals surface area contributed by atoms with Crippen LogP contribution in [-0.2, 0) is 6.42 Å². The average Bonchev–Trinajstić information content (AvgIpc) is 3.15. The number of allylic oxidation sites excluding steroid dienone is 4. The van der Waals surface area contributed by atoms with Crippen molar-refractivity contribution in [1.82, 2.24) is 9.78 Å². The van der Waals surface area contributed by atoms with Gasteiger partial charge >= 0.3 is 0 Å². The van der Waals surface area contributed by atoms with E-state index in [0.29, 0.717) is 30.5 Å². The highest BCUT2D eigenvalue weighted by Crippen LogP contribution is 2.25. The van der Waals surface area contributed by atoms with Gasteiger partial charge in [0.25, 0.3) is 5.56 Å². The third-order valence-corrected chi connectivity index (χ3v) is 3.95. The maximum Gasteiger partial charge on any atom is 0.277 e. The summed E-state index contributed by atoms with van der Waals surface area (Å²) in [6.45, 7) is 0. The van der Waals surface area contributed by atoms with Crippen molar-refractivity contribution < 1.29 is 8.81 Å². The molecule has 1 unspecified atom stereocenters. The van der Waals surface area contributed by atoms with Gasteiger partial charge in [-0.05, 0) is 43.4 Å². The number of aromatic amines is 1. The molecule has 2 heterocycles. The van der Waals surface area contributed by atoms with E-state index in [1.165, 1.54) is 18.6 Å². The van der Waals surface area contributed by atoms with Gasteiger partial charge in [-0.2, -0.15) is 4.68 Å². The Morgan fingerprint density at radius 2 is 2.39 bits per heavy atom. The number of nitrogens with one attached hydrogen (secondary N) is 2. The Kier molecular flexibility index (Phi) is 4.01. The van der Waals surface area contributed by atoms with E-state index in [0.717, 1.165) is 10.2 Å². The first kappa shape index (κ1) is 15.1. The number of nitrogen functional groups attached to an aromatic ring is 1. The molecule has 0 amide bonds. The second-order valence-corrected chi connectivity index (χ2v) is 5.49. The lowest BCUT2D eigenvalue weighted by molar-refractivity contribution is 0.563. The molecular formula is C16H17FN4O2. The Bertz CT molecular complexity index is 827. The molecule has 0 aliphatic heterocycles. The number of aromatic nitrogens is 2.